The number of anilines is 1. The fourth-order valence-corrected chi connectivity index (χ4v) is 5.26. The van der Waals surface area contributed by atoms with Crippen molar-refractivity contribution in [3.05, 3.63) is 47.8 Å². The lowest BCUT2D eigenvalue weighted by atomic mass is 10.1. The summed E-state index contributed by atoms with van der Waals surface area (Å²) >= 11 is 4.39. The number of nitrogens with one attached hydrogen (secondary N) is 1. The zero-order valence-electron chi connectivity index (χ0n) is 15.7. The molecule has 2 aromatic heterocycles. The summed E-state index contributed by atoms with van der Waals surface area (Å²) in [5.41, 5.74) is 2.54. The SMILES string of the molecule is COc1ccc(-c2csc(NC(=O)CSc3nc4ccccc4s3)n2)c(OC)c1. The lowest BCUT2D eigenvalue weighted by molar-refractivity contribution is -0.113. The van der Waals surface area contributed by atoms with Crippen molar-refractivity contribution < 1.29 is 14.3 Å². The number of thioether (sulfide) groups is 1. The number of aromatic nitrogens is 2. The van der Waals surface area contributed by atoms with Gasteiger partial charge in [-0.05, 0) is 24.3 Å². The van der Waals surface area contributed by atoms with Crippen molar-refractivity contribution >= 4 is 55.7 Å². The maximum absolute atomic E-state index is 12.3. The summed E-state index contributed by atoms with van der Waals surface area (Å²) < 4.78 is 12.7. The molecule has 29 heavy (non-hydrogen) atoms. The van der Waals surface area contributed by atoms with Crippen LogP contribution in [-0.4, -0.2) is 35.8 Å². The zero-order valence-corrected chi connectivity index (χ0v) is 18.1. The van der Waals surface area contributed by atoms with E-state index in [-0.39, 0.29) is 11.7 Å². The molecule has 0 saturated carbocycles. The molecule has 2 aromatic carbocycles. The fourth-order valence-electron chi connectivity index (χ4n) is 2.66. The molecule has 0 radical (unpaired) electrons. The van der Waals surface area contributed by atoms with Gasteiger partial charge in [0.05, 0.1) is 35.9 Å². The quantitative estimate of drug-likeness (QED) is 0.397. The number of benzene rings is 2. The molecule has 0 spiro atoms. The topological polar surface area (TPSA) is 73.3 Å². The lowest BCUT2D eigenvalue weighted by Crippen LogP contribution is -2.13. The number of para-hydroxylation sites is 1. The van der Waals surface area contributed by atoms with Crippen LogP contribution in [0.5, 0.6) is 11.5 Å². The van der Waals surface area contributed by atoms with Gasteiger partial charge in [-0.25, -0.2) is 9.97 Å². The minimum Gasteiger partial charge on any atom is -0.497 e. The second kappa shape index (κ2) is 8.81. The summed E-state index contributed by atoms with van der Waals surface area (Å²) in [6.45, 7) is 0. The summed E-state index contributed by atoms with van der Waals surface area (Å²) in [5, 5.41) is 5.29. The Bertz CT molecular complexity index is 1120. The van der Waals surface area contributed by atoms with Crippen molar-refractivity contribution in [3.8, 4) is 22.8 Å². The molecular formula is C20H17N3O3S3. The predicted molar refractivity (Wildman–Crippen MR) is 120 cm³/mol. The highest BCUT2D eigenvalue weighted by molar-refractivity contribution is 8.01. The molecule has 0 aliphatic rings. The molecular weight excluding hydrogens is 426 g/mol. The summed E-state index contributed by atoms with van der Waals surface area (Å²) in [5.74, 6) is 1.54. The first-order valence-electron chi connectivity index (χ1n) is 8.62. The van der Waals surface area contributed by atoms with Gasteiger partial charge in [0.2, 0.25) is 5.91 Å². The Hall–Kier alpha value is -2.62. The number of ether oxygens (including phenoxy) is 2. The number of carbonyl (C=O) groups is 1. The number of carbonyl (C=O) groups excluding carboxylic acids is 1. The van der Waals surface area contributed by atoms with Gasteiger partial charge in [0.15, 0.2) is 9.47 Å². The van der Waals surface area contributed by atoms with Crippen LogP contribution in [0.25, 0.3) is 21.5 Å². The summed E-state index contributed by atoms with van der Waals surface area (Å²) in [4.78, 5) is 21.4. The molecule has 148 valence electrons. The fraction of sp³-hybridized carbons (Fsp3) is 0.150. The highest BCUT2D eigenvalue weighted by atomic mass is 32.2. The van der Waals surface area contributed by atoms with Crippen molar-refractivity contribution in [3.63, 3.8) is 0 Å². The van der Waals surface area contributed by atoms with Crippen LogP contribution in [0.1, 0.15) is 0 Å². The Morgan fingerprint density at radius 1 is 1.14 bits per heavy atom. The number of hydrogen-bond donors (Lipinski definition) is 1. The standard InChI is InChI=1S/C20H17N3O3S3/c1-25-12-7-8-13(16(9-12)26-2)15-10-27-19(21-15)23-18(24)11-28-20-22-14-5-3-4-6-17(14)29-20/h3-10H,11H2,1-2H3,(H,21,23,24). The Morgan fingerprint density at radius 2 is 2.00 bits per heavy atom. The number of rotatable bonds is 7. The molecule has 0 atom stereocenters. The van der Waals surface area contributed by atoms with E-state index in [1.54, 1.807) is 25.6 Å². The number of hydrogen-bond acceptors (Lipinski definition) is 8. The van der Waals surface area contributed by atoms with E-state index in [9.17, 15) is 4.79 Å². The van der Waals surface area contributed by atoms with Crippen LogP contribution in [0.2, 0.25) is 0 Å². The van der Waals surface area contributed by atoms with Gasteiger partial charge >= 0.3 is 0 Å². The van der Waals surface area contributed by atoms with Gasteiger partial charge in [0.1, 0.15) is 11.5 Å². The van der Waals surface area contributed by atoms with Gasteiger partial charge in [-0.1, -0.05) is 23.9 Å². The molecule has 0 bridgehead atoms. The van der Waals surface area contributed by atoms with Crippen LogP contribution >= 0.6 is 34.4 Å². The predicted octanol–water partition coefficient (Wildman–Crippen LogP) is 5.17. The number of thiazole rings is 2. The van der Waals surface area contributed by atoms with Crippen LogP contribution in [0, 0.1) is 0 Å². The maximum atomic E-state index is 12.3. The molecule has 0 aliphatic carbocycles. The Balaban J connectivity index is 1.40. The van der Waals surface area contributed by atoms with Gasteiger partial charge in [0, 0.05) is 17.0 Å². The van der Waals surface area contributed by atoms with Crippen molar-refractivity contribution in [2.24, 2.45) is 0 Å². The minimum atomic E-state index is -0.114. The van der Waals surface area contributed by atoms with Crippen molar-refractivity contribution in [1.29, 1.82) is 0 Å². The third-order valence-electron chi connectivity index (χ3n) is 4.04. The van der Waals surface area contributed by atoms with Gasteiger partial charge in [-0.3, -0.25) is 4.79 Å². The maximum Gasteiger partial charge on any atom is 0.236 e. The van der Waals surface area contributed by atoms with Crippen LogP contribution in [0.4, 0.5) is 5.13 Å². The first-order chi connectivity index (χ1) is 14.2. The molecule has 1 amide bonds. The molecule has 0 fully saturated rings. The monoisotopic (exact) mass is 443 g/mol. The molecule has 2 heterocycles. The second-order valence-corrected chi connectivity index (χ2v) is 9.00. The molecule has 9 heteroatoms. The highest BCUT2D eigenvalue weighted by Crippen LogP contribution is 2.35. The molecule has 4 aromatic rings. The highest BCUT2D eigenvalue weighted by Gasteiger charge is 2.13. The first kappa shape index (κ1) is 19.7. The summed E-state index contributed by atoms with van der Waals surface area (Å²) in [6.07, 6.45) is 0. The molecule has 1 N–H and O–H groups in total. The van der Waals surface area contributed by atoms with Crippen molar-refractivity contribution in [2.45, 2.75) is 4.34 Å². The largest absolute Gasteiger partial charge is 0.497 e. The van der Waals surface area contributed by atoms with Crippen LogP contribution in [-0.2, 0) is 4.79 Å². The van der Waals surface area contributed by atoms with E-state index in [0.29, 0.717) is 16.6 Å². The number of amides is 1. The minimum absolute atomic E-state index is 0.114. The van der Waals surface area contributed by atoms with Gasteiger partial charge in [-0.15, -0.1) is 22.7 Å². The lowest BCUT2D eigenvalue weighted by Gasteiger charge is -2.08. The molecule has 6 nitrogen and oxygen atoms in total. The number of methoxy groups -OCH3 is 2. The van der Waals surface area contributed by atoms with E-state index in [4.69, 9.17) is 9.47 Å². The van der Waals surface area contributed by atoms with Gasteiger partial charge < -0.3 is 14.8 Å². The van der Waals surface area contributed by atoms with E-state index in [1.807, 2.05) is 47.8 Å². The summed E-state index contributed by atoms with van der Waals surface area (Å²) in [6, 6.07) is 13.5. The van der Waals surface area contributed by atoms with Crippen LogP contribution in [0.3, 0.4) is 0 Å². The second-order valence-electron chi connectivity index (χ2n) is 5.89. The Kier molecular flexibility index (Phi) is 5.98. The Morgan fingerprint density at radius 3 is 2.79 bits per heavy atom. The molecule has 0 unspecified atom stereocenters. The van der Waals surface area contributed by atoms with Gasteiger partial charge in [0.25, 0.3) is 0 Å². The average Bonchev–Trinajstić information content (AvgIpc) is 3.38. The summed E-state index contributed by atoms with van der Waals surface area (Å²) in [7, 11) is 3.21. The molecule has 0 saturated heterocycles. The van der Waals surface area contributed by atoms with E-state index in [1.165, 1.54) is 23.1 Å². The third kappa shape index (κ3) is 4.52. The third-order valence-corrected chi connectivity index (χ3v) is 6.97. The van der Waals surface area contributed by atoms with Crippen molar-refractivity contribution in [1.82, 2.24) is 9.97 Å². The number of nitrogens with zero attached hydrogens (tertiary/aromatic N) is 2. The number of fused-ring (bicyclic) bond motifs is 1. The van der Waals surface area contributed by atoms with Gasteiger partial charge in [-0.2, -0.15) is 0 Å². The first-order valence-corrected chi connectivity index (χ1v) is 11.3. The van der Waals surface area contributed by atoms with E-state index in [0.717, 1.165) is 25.8 Å². The Labute approximate surface area is 179 Å². The van der Waals surface area contributed by atoms with E-state index < -0.39 is 0 Å². The molecule has 4 rings (SSSR count). The normalized spacial score (nSPS) is 10.8. The van der Waals surface area contributed by atoms with Crippen LogP contribution < -0.4 is 14.8 Å². The van der Waals surface area contributed by atoms with Crippen LogP contribution in [0.15, 0.2) is 52.2 Å². The van der Waals surface area contributed by atoms with Crippen molar-refractivity contribution in [2.75, 3.05) is 25.3 Å². The van der Waals surface area contributed by atoms with E-state index in [2.05, 4.69) is 15.3 Å². The van der Waals surface area contributed by atoms with E-state index >= 15 is 0 Å². The average molecular weight is 444 g/mol. The smallest absolute Gasteiger partial charge is 0.236 e. The zero-order chi connectivity index (χ0) is 20.2. The molecule has 0 aliphatic heterocycles.